The second-order valence-electron chi connectivity index (χ2n) is 4.32. The number of rotatable bonds is 2. The number of carboxylic acid groups (broad SMARTS) is 1. The molecule has 7 heteroatoms. The van der Waals surface area contributed by atoms with Gasteiger partial charge in [0.1, 0.15) is 11.6 Å². The van der Waals surface area contributed by atoms with Crippen molar-refractivity contribution in [1.29, 1.82) is 0 Å². The smallest absolute Gasteiger partial charge is 0.332 e. The summed E-state index contributed by atoms with van der Waals surface area (Å²) in [5, 5.41) is 9.72. The quantitative estimate of drug-likeness (QED) is 0.920. The monoisotopic (exact) mass is 301 g/mol. The minimum Gasteiger partial charge on any atom is -0.479 e. The number of carbonyl (C=O) groups is 1. The average Bonchev–Trinajstić information content (AvgIpc) is 2.92. The summed E-state index contributed by atoms with van der Waals surface area (Å²) in [5.41, 5.74) is 0.971. The fourth-order valence-corrected chi connectivity index (χ4v) is 2.64. The number of carboxylic acids is 1. The fourth-order valence-electron chi connectivity index (χ4n) is 2.12. The Hall–Kier alpha value is -1.30. The maximum atomic E-state index is 10.8. The molecule has 0 amide bonds. The fraction of sp³-hybridized carbons (Fsp3) is 0.333. The van der Waals surface area contributed by atoms with Crippen LogP contribution in [0, 0.1) is 0 Å². The minimum absolute atomic E-state index is 0.336. The van der Waals surface area contributed by atoms with Crippen molar-refractivity contribution in [3.05, 3.63) is 28.1 Å². The number of nitrogens with zero attached hydrogens (tertiary/aromatic N) is 1. The van der Waals surface area contributed by atoms with Crippen LogP contribution in [0.25, 0.3) is 11.1 Å². The minimum atomic E-state index is -0.973. The van der Waals surface area contributed by atoms with Crippen molar-refractivity contribution in [3.8, 4) is 0 Å². The second-order valence-corrected chi connectivity index (χ2v) is 5.16. The Kier molecular flexibility index (Phi) is 3.12. The maximum Gasteiger partial charge on any atom is 0.332 e. The zero-order valence-corrected chi connectivity index (χ0v) is 11.1. The summed E-state index contributed by atoms with van der Waals surface area (Å²) in [4.78, 5) is 15.1. The first kappa shape index (κ1) is 12.7. The molecule has 1 aromatic carbocycles. The van der Waals surface area contributed by atoms with Gasteiger partial charge >= 0.3 is 5.97 Å². The van der Waals surface area contributed by atoms with Gasteiger partial charge in [0.15, 0.2) is 11.7 Å². The predicted octanol–water partition coefficient (Wildman–Crippen LogP) is 3.44. The van der Waals surface area contributed by atoms with E-state index in [1.165, 1.54) is 0 Å². The molecule has 3 rings (SSSR count). The molecule has 1 saturated heterocycles. The van der Waals surface area contributed by atoms with Crippen LogP contribution in [0.5, 0.6) is 0 Å². The normalized spacial score (nSPS) is 23.1. The van der Waals surface area contributed by atoms with E-state index in [-0.39, 0.29) is 0 Å². The van der Waals surface area contributed by atoms with Crippen molar-refractivity contribution in [2.45, 2.75) is 25.0 Å². The van der Waals surface area contributed by atoms with Gasteiger partial charge < -0.3 is 14.3 Å². The van der Waals surface area contributed by atoms with Crippen LogP contribution in [0.2, 0.25) is 10.0 Å². The number of oxazole rings is 1. The molecule has 2 heterocycles. The number of aromatic nitrogens is 1. The Balaban J connectivity index is 1.94. The Labute approximate surface area is 118 Å². The van der Waals surface area contributed by atoms with Crippen LogP contribution in [0.1, 0.15) is 24.8 Å². The van der Waals surface area contributed by atoms with E-state index in [1.54, 1.807) is 12.1 Å². The van der Waals surface area contributed by atoms with Gasteiger partial charge in [-0.25, -0.2) is 9.78 Å². The van der Waals surface area contributed by atoms with E-state index in [0.717, 1.165) is 0 Å². The van der Waals surface area contributed by atoms with Gasteiger partial charge in [-0.05, 0) is 25.0 Å². The largest absolute Gasteiger partial charge is 0.479 e. The van der Waals surface area contributed by atoms with Crippen LogP contribution >= 0.6 is 23.2 Å². The molecule has 1 N–H and O–H groups in total. The molecule has 0 aliphatic carbocycles. The van der Waals surface area contributed by atoms with Gasteiger partial charge in [-0.15, -0.1) is 0 Å². The Morgan fingerprint density at radius 2 is 2.16 bits per heavy atom. The lowest BCUT2D eigenvalue weighted by Gasteiger charge is -2.06. The van der Waals surface area contributed by atoms with Gasteiger partial charge in [-0.3, -0.25) is 0 Å². The van der Waals surface area contributed by atoms with Crippen LogP contribution in [-0.4, -0.2) is 22.2 Å². The molecule has 2 unspecified atom stereocenters. The lowest BCUT2D eigenvalue weighted by molar-refractivity contribution is -0.149. The molecule has 19 heavy (non-hydrogen) atoms. The van der Waals surface area contributed by atoms with E-state index >= 15 is 0 Å². The van der Waals surface area contributed by atoms with E-state index < -0.39 is 18.2 Å². The summed E-state index contributed by atoms with van der Waals surface area (Å²) in [6.07, 6.45) is -0.273. The maximum absolute atomic E-state index is 10.8. The molecule has 0 spiro atoms. The van der Waals surface area contributed by atoms with Gasteiger partial charge in [-0.2, -0.15) is 0 Å². The van der Waals surface area contributed by atoms with E-state index in [4.69, 9.17) is 37.5 Å². The third kappa shape index (κ3) is 2.29. The summed E-state index contributed by atoms with van der Waals surface area (Å²) in [5.74, 6) is -0.636. The molecular weight excluding hydrogens is 293 g/mol. The summed E-state index contributed by atoms with van der Waals surface area (Å²) in [6, 6.07) is 3.20. The molecule has 0 bridgehead atoms. The molecule has 5 nitrogen and oxygen atoms in total. The van der Waals surface area contributed by atoms with Gasteiger partial charge in [0.2, 0.25) is 5.89 Å². The molecule has 1 aliphatic rings. The van der Waals surface area contributed by atoms with Crippen molar-refractivity contribution in [3.63, 3.8) is 0 Å². The number of halogens is 2. The first-order chi connectivity index (χ1) is 9.04. The molecule has 0 radical (unpaired) electrons. The van der Waals surface area contributed by atoms with Crippen molar-refractivity contribution in [2.24, 2.45) is 0 Å². The molecular formula is C12H9Cl2NO4. The Bertz CT molecular complexity index is 654. The van der Waals surface area contributed by atoms with Crippen molar-refractivity contribution in [1.82, 2.24) is 4.98 Å². The highest BCUT2D eigenvalue weighted by Crippen LogP contribution is 2.36. The highest BCUT2D eigenvalue weighted by Gasteiger charge is 2.34. The summed E-state index contributed by atoms with van der Waals surface area (Å²) in [6.45, 7) is 0. The second kappa shape index (κ2) is 4.67. The van der Waals surface area contributed by atoms with Crippen LogP contribution in [0.15, 0.2) is 16.5 Å². The molecule has 1 fully saturated rings. The number of hydrogen-bond donors (Lipinski definition) is 1. The molecule has 1 aromatic heterocycles. The average molecular weight is 302 g/mol. The topological polar surface area (TPSA) is 72.6 Å². The zero-order chi connectivity index (χ0) is 13.6. The summed E-state index contributed by atoms with van der Waals surface area (Å²) < 4.78 is 10.9. The van der Waals surface area contributed by atoms with Crippen molar-refractivity contribution < 1.29 is 19.1 Å². The molecule has 2 aromatic rings. The van der Waals surface area contributed by atoms with Gasteiger partial charge in [-0.1, -0.05) is 23.2 Å². The number of ether oxygens (including phenoxy) is 1. The lowest BCUT2D eigenvalue weighted by atomic mass is 10.2. The van der Waals surface area contributed by atoms with Gasteiger partial charge in [0.05, 0.1) is 5.02 Å². The first-order valence-corrected chi connectivity index (χ1v) is 6.44. The SMILES string of the molecule is O=C(O)C1CCC(c2nc3cc(Cl)cc(Cl)c3o2)O1. The zero-order valence-electron chi connectivity index (χ0n) is 9.60. The lowest BCUT2D eigenvalue weighted by Crippen LogP contribution is -2.18. The molecule has 100 valence electrons. The van der Waals surface area contributed by atoms with Crippen molar-refractivity contribution >= 4 is 40.3 Å². The highest BCUT2D eigenvalue weighted by atomic mass is 35.5. The van der Waals surface area contributed by atoms with Crippen LogP contribution in [0.3, 0.4) is 0 Å². The summed E-state index contributed by atoms with van der Waals surface area (Å²) in [7, 11) is 0. The van der Waals surface area contributed by atoms with Gasteiger partial charge in [0, 0.05) is 5.02 Å². The third-order valence-corrected chi connectivity index (χ3v) is 3.50. The van der Waals surface area contributed by atoms with Crippen LogP contribution < -0.4 is 0 Å². The third-order valence-electron chi connectivity index (χ3n) is 3.00. The first-order valence-electron chi connectivity index (χ1n) is 5.68. The summed E-state index contributed by atoms with van der Waals surface area (Å²) >= 11 is 11.9. The number of fused-ring (bicyclic) bond motifs is 1. The predicted molar refractivity (Wildman–Crippen MR) is 68.5 cm³/mol. The molecule has 1 aliphatic heterocycles. The molecule has 0 saturated carbocycles. The van der Waals surface area contributed by atoms with Crippen molar-refractivity contribution in [2.75, 3.05) is 0 Å². The Morgan fingerprint density at radius 3 is 2.84 bits per heavy atom. The molecule has 2 atom stereocenters. The van der Waals surface area contributed by atoms with E-state index in [9.17, 15) is 4.79 Å². The number of benzene rings is 1. The van der Waals surface area contributed by atoms with Crippen LogP contribution in [-0.2, 0) is 9.53 Å². The Morgan fingerprint density at radius 1 is 1.37 bits per heavy atom. The standard InChI is InChI=1S/C12H9Cl2NO4/c13-5-3-6(14)10-7(4-5)15-11(19-10)8-1-2-9(18-8)12(16)17/h3-4,8-9H,1-2H2,(H,16,17). The van der Waals surface area contributed by atoms with Crippen LogP contribution in [0.4, 0.5) is 0 Å². The van der Waals surface area contributed by atoms with E-state index in [1.807, 2.05) is 0 Å². The van der Waals surface area contributed by atoms with E-state index in [2.05, 4.69) is 4.98 Å². The van der Waals surface area contributed by atoms with Gasteiger partial charge in [0.25, 0.3) is 0 Å². The number of hydrogen-bond acceptors (Lipinski definition) is 4. The number of aliphatic carboxylic acids is 1. The highest BCUT2D eigenvalue weighted by molar-refractivity contribution is 6.37. The van der Waals surface area contributed by atoms with E-state index in [0.29, 0.717) is 39.9 Å².